The van der Waals surface area contributed by atoms with Gasteiger partial charge in [0.2, 0.25) is 11.8 Å². The minimum Gasteiger partial charge on any atom is -0.370 e. The lowest BCUT2D eigenvalue weighted by molar-refractivity contribution is -0.140. The predicted octanol–water partition coefficient (Wildman–Crippen LogP) is 1.41. The smallest absolute Gasteiger partial charge is 0.261 e. The number of ether oxygens (including phenoxy) is 1. The molecule has 1 aromatic heterocycles. The molecule has 0 atom stereocenters. The molecule has 0 unspecified atom stereocenters. The minimum absolute atomic E-state index is 0.108. The van der Waals surface area contributed by atoms with Crippen LogP contribution < -0.4 is 10.6 Å². The zero-order valence-electron chi connectivity index (χ0n) is 15.9. The van der Waals surface area contributed by atoms with Crippen molar-refractivity contribution in [1.29, 1.82) is 0 Å². The summed E-state index contributed by atoms with van der Waals surface area (Å²) in [6, 6.07) is 1.96. The molecule has 1 aromatic rings. The number of fused-ring (bicyclic) bond motifs is 2. The van der Waals surface area contributed by atoms with E-state index in [0.29, 0.717) is 44.1 Å². The second kappa shape index (κ2) is 8.39. The summed E-state index contributed by atoms with van der Waals surface area (Å²) in [5.74, 6) is -0.0400. The average Bonchev–Trinajstić information content (AvgIpc) is 3.11. The topological polar surface area (TPSA) is 87.7 Å². The molecule has 2 N–H and O–H groups in total. The third-order valence-corrected chi connectivity index (χ3v) is 6.44. The Hall–Kier alpha value is -1.93. The van der Waals surface area contributed by atoms with Crippen molar-refractivity contribution in [1.82, 2.24) is 15.5 Å². The van der Waals surface area contributed by atoms with Crippen molar-refractivity contribution in [3.05, 3.63) is 21.4 Å². The molecule has 3 heterocycles. The number of thiophene rings is 1. The second-order valence-electron chi connectivity index (χ2n) is 7.01. The van der Waals surface area contributed by atoms with Crippen LogP contribution in [0.2, 0.25) is 0 Å². The minimum atomic E-state index is -0.372. The molecular formula is C19H27N3O4S. The van der Waals surface area contributed by atoms with E-state index in [-0.39, 0.29) is 23.3 Å². The van der Waals surface area contributed by atoms with E-state index < -0.39 is 0 Å². The molecule has 3 amide bonds. The van der Waals surface area contributed by atoms with Gasteiger partial charge in [0.25, 0.3) is 5.91 Å². The van der Waals surface area contributed by atoms with Crippen LogP contribution >= 0.6 is 11.3 Å². The lowest BCUT2D eigenvalue weighted by atomic mass is 9.82. The van der Waals surface area contributed by atoms with Crippen molar-refractivity contribution >= 4 is 29.1 Å². The number of carbonyl (C=O) groups is 3. The molecule has 8 heteroatoms. The molecule has 0 aromatic carbocycles. The van der Waals surface area contributed by atoms with Gasteiger partial charge < -0.3 is 20.3 Å². The first kappa shape index (κ1) is 19.8. The maximum atomic E-state index is 12.5. The van der Waals surface area contributed by atoms with Crippen molar-refractivity contribution < 1.29 is 19.1 Å². The number of nitrogens with one attached hydrogen (secondary N) is 2. The van der Waals surface area contributed by atoms with E-state index in [1.54, 1.807) is 0 Å². The summed E-state index contributed by atoms with van der Waals surface area (Å²) in [6.07, 6.45) is 2.89. The fraction of sp³-hybridized carbons (Fsp3) is 0.632. The largest absolute Gasteiger partial charge is 0.370 e. The monoisotopic (exact) mass is 393 g/mol. The fourth-order valence-corrected chi connectivity index (χ4v) is 4.93. The first-order valence-electron chi connectivity index (χ1n) is 9.53. The van der Waals surface area contributed by atoms with Crippen LogP contribution in [-0.2, 0) is 26.3 Å². The van der Waals surface area contributed by atoms with E-state index in [1.807, 2.05) is 17.9 Å². The summed E-state index contributed by atoms with van der Waals surface area (Å²) in [7, 11) is 0. The van der Waals surface area contributed by atoms with Gasteiger partial charge in [0, 0.05) is 50.8 Å². The first-order valence-corrected chi connectivity index (χ1v) is 10.3. The number of carbonyl (C=O) groups excluding carboxylic acids is 3. The molecule has 0 saturated carbocycles. The SMILES string of the molecule is CCC(=O)N1CCC2(CC1)OCCc1sc(C(=O)NCCNC(C)=O)cc12. The second-order valence-corrected chi connectivity index (χ2v) is 8.15. The van der Waals surface area contributed by atoms with E-state index in [4.69, 9.17) is 4.74 Å². The van der Waals surface area contributed by atoms with E-state index in [0.717, 1.165) is 24.8 Å². The Morgan fingerprint density at radius 3 is 2.59 bits per heavy atom. The van der Waals surface area contributed by atoms with E-state index in [1.165, 1.54) is 23.1 Å². The summed E-state index contributed by atoms with van der Waals surface area (Å²) >= 11 is 1.53. The molecule has 2 aliphatic heterocycles. The van der Waals surface area contributed by atoms with Gasteiger partial charge in [-0.1, -0.05) is 6.92 Å². The Balaban J connectivity index is 1.67. The van der Waals surface area contributed by atoms with Crippen LogP contribution in [-0.4, -0.2) is 55.4 Å². The van der Waals surface area contributed by atoms with Crippen LogP contribution in [0.4, 0.5) is 0 Å². The van der Waals surface area contributed by atoms with Crippen molar-refractivity contribution in [2.24, 2.45) is 0 Å². The van der Waals surface area contributed by atoms with E-state index in [2.05, 4.69) is 10.6 Å². The number of hydrogen-bond acceptors (Lipinski definition) is 5. The molecule has 3 rings (SSSR count). The number of likely N-dealkylation sites (tertiary alicyclic amines) is 1. The van der Waals surface area contributed by atoms with Crippen LogP contribution in [0, 0.1) is 0 Å². The standard InChI is InChI=1S/C19H27N3O4S/c1-3-17(24)22-9-5-19(6-10-22)14-12-16(27-15(14)4-11-26-19)18(25)21-8-7-20-13(2)23/h12H,3-11H2,1-2H3,(H,20,23)(H,21,25). The van der Waals surface area contributed by atoms with Crippen LogP contribution in [0.25, 0.3) is 0 Å². The number of hydrogen-bond donors (Lipinski definition) is 2. The van der Waals surface area contributed by atoms with Gasteiger partial charge in [-0.25, -0.2) is 0 Å². The first-order chi connectivity index (χ1) is 12.9. The van der Waals surface area contributed by atoms with Crippen molar-refractivity contribution in [3.63, 3.8) is 0 Å². The maximum absolute atomic E-state index is 12.5. The lowest BCUT2D eigenvalue weighted by Gasteiger charge is -2.44. The molecule has 148 valence electrons. The summed E-state index contributed by atoms with van der Waals surface area (Å²) in [5.41, 5.74) is 0.748. The molecule has 1 spiro atoms. The van der Waals surface area contributed by atoms with E-state index >= 15 is 0 Å². The normalized spacial score (nSPS) is 18.1. The molecule has 0 aliphatic carbocycles. The van der Waals surface area contributed by atoms with Crippen molar-refractivity contribution in [2.75, 3.05) is 32.8 Å². The molecule has 7 nitrogen and oxygen atoms in total. The Bertz CT molecular complexity index is 723. The summed E-state index contributed by atoms with van der Waals surface area (Å²) in [6.45, 7) is 6.20. The Labute approximate surface area is 163 Å². The third kappa shape index (κ3) is 4.32. The highest BCUT2D eigenvalue weighted by Crippen LogP contribution is 2.44. The molecule has 0 bridgehead atoms. The van der Waals surface area contributed by atoms with Crippen LogP contribution in [0.3, 0.4) is 0 Å². The number of amides is 3. The van der Waals surface area contributed by atoms with Gasteiger partial charge in [-0.2, -0.15) is 0 Å². The quantitative estimate of drug-likeness (QED) is 0.741. The summed E-state index contributed by atoms with van der Waals surface area (Å²) < 4.78 is 6.20. The van der Waals surface area contributed by atoms with Crippen molar-refractivity contribution in [2.45, 2.75) is 45.1 Å². The van der Waals surface area contributed by atoms with Crippen LogP contribution in [0.5, 0.6) is 0 Å². The summed E-state index contributed by atoms with van der Waals surface area (Å²) in [5, 5.41) is 5.51. The van der Waals surface area contributed by atoms with Gasteiger partial charge in [-0.05, 0) is 24.5 Å². The van der Waals surface area contributed by atoms with Crippen molar-refractivity contribution in [3.8, 4) is 0 Å². The fourth-order valence-electron chi connectivity index (χ4n) is 3.79. The Morgan fingerprint density at radius 2 is 1.93 bits per heavy atom. The lowest BCUT2D eigenvalue weighted by Crippen LogP contribution is -2.47. The molecular weight excluding hydrogens is 366 g/mol. The predicted molar refractivity (Wildman–Crippen MR) is 103 cm³/mol. The van der Waals surface area contributed by atoms with Gasteiger partial charge in [0.15, 0.2) is 0 Å². The Kier molecular flexibility index (Phi) is 6.16. The molecule has 1 fully saturated rings. The number of rotatable bonds is 5. The molecule has 0 radical (unpaired) electrons. The third-order valence-electron chi connectivity index (χ3n) is 5.24. The van der Waals surface area contributed by atoms with Gasteiger partial charge >= 0.3 is 0 Å². The summed E-state index contributed by atoms with van der Waals surface area (Å²) in [4.78, 5) is 39.1. The van der Waals surface area contributed by atoms with Crippen LogP contribution in [0.1, 0.15) is 53.2 Å². The number of piperidine rings is 1. The van der Waals surface area contributed by atoms with Crippen LogP contribution in [0.15, 0.2) is 6.07 Å². The highest BCUT2D eigenvalue weighted by Gasteiger charge is 2.42. The van der Waals surface area contributed by atoms with Gasteiger partial charge in [-0.3, -0.25) is 14.4 Å². The molecule has 27 heavy (non-hydrogen) atoms. The highest BCUT2D eigenvalue weighted by molar-refractivity contribution is 7.14. The number of nitrogens with zero attached hydrogens (tertiary/aromatic N) is 1. The van der Waals surface area contributed by atoms with Gasteiger partial charge in [-0.15, -0.1) is 11.3 Å². The van der Waals surface area contributed by atoms with E-state index in [9.17, 15) is 14.4 Å². The zero-order chi connectivity index (χ0) is 19.4. The molecule has 2 aliphatic rings. The Morgan fingerprint density at radius 1 is 1.22 bits per heavy atom. The van der Waals surface area contributed by atoms with Gasteiger partial charge in [0.1, 0.15) is 0 Å². The van der Waals surface area contributed by atoms with Gasteiger partial charge in [0.05, 0.1) is 17.1 Å². The highest BCUT2D eigenvalue weighted by atomic mass is 32.1. The molecule has 1 saturated heterocycles. The maximum Gasteiger partial charge on any atom is 0.261 e. The average molecular weight is 394 g/mol. The zero-order valence-corrected chi connectivity index (χ0v) is 16.7.